The van der Waals surface area contributed by atoms with Crippen molar-refractivity contribution in [2.24, 2.45) is 0 Å². The van der Waals surface area contributed by atoms with Gasteiger partial charge in [0.1, 0.15) is 24.4 Å². The average molecular weight is 1280 g/mol. The first-order chi connectivity index (χ1) is 44.2. The molecule has 0 radical (unpaired) electrons. The number of unbranched alkanes of at least 4 members (excludes halogenated alkanes) is 55. The van der Waals surface area contributed by atoms with Gasteiger partial charge in [0.2, 0.25) is 5.91 Å². The third-order valence-corrected chi connectivity index (χ3v) is 19.1. The number of carbonyl (C=O) groups is 2. The molecule has 0 aromatic carbocycles. The van der Waals surface area contributed by atoms with Crippen LogP contribution in [0.4, 0.5) is 0 Å². The zero-order chi connectivity index (χ0) is 65.1. The van der Waals surface area contributed by atoms with Crippen LogP contribution >= 0.6 is 0 Å². The third-order valence-electron chi connectivity index (χ3n) is 19.1. The molecule has 1 rings (SSSR count). The topological polar surface area (TPSA) is 175 Å². The summed E-state index contributed by atoms with van der Waals surface area (Å²) in [6, 6.07) is -0.804. The van der Waals surface area contributed by atoms with Gasteiger partial charge in [-0.3, -0.25) is 9.59 Å². The molecule has 7 unspecified atom stereocenters. The molecule has 1 heterocycles. The molecule has 90 heavy (non-hydrogen) atoms. The SMILES string of the molecule is CCCCCCCCC/C=C\CCCCCCCC(=O)OCCCCCCCCCCCCCCCCCCCCCCCCCCCCCCCCCCCCCCCC(=O)NC(COC1OC(CO)C(O)C(O)C1O)C(O)/C=C/CCCCCCCCC. The Bertz CT molecular complexity index is 1540. The molecule has 0 saturated carbocycles. The Balaban J connectivity index is 1.84. The predicted molar refractivity (Wildman–Crippen MR) is 380 cm³/mol. The molecule has 0 spiro atoms. The quantitative estimate of drug-likeness (QED) is 0.0195. The number of allylic oxidation sites excluding steroid dienone is 3. The maximum absolute atomic E-state index is 13.0. The van der Waals surface area contributed by atoms with Gasteiger partial charge in [0.25, 0.3) is 0 Å². The molecule has 11 heteroatoms. The summed E-state index contributed by atoms with van der Waals surface area (Å²) < 4.78 is 16.7. The van der Waals surface area contributed by atoms with Crippen molar-refractivity contribution in [3.63, 3.8) is 0 Å². The van der Waals surface area contributed by atoms with Crippen molar-refractivity contribution in [2.45, 2.75) is 448 Å². The Morgan fingerprint density at radius 2 is 0.711 bits per heavy atom. The lowest BCUT2D eigenvalue weighted by molar-refractivity contribution is -0.302. The Kier molecular flexibility index (Phi) is 65.6. The summed E-state index contributed by atoms with van der Waals surface area (Å²) in [5.41, 5.74) is 0. The molecular weight excluding hydrogens is 1120 g/mol. The minimum atomic E-state index is -1.57. The third kappa shape index (κ3) is 56.5. The van der Waals surface area contributed by atoms with Gasteiger partial charge in [0.05, 0.1) is 32.0 Å². The number of aliphatic hydroxyl groups excluding tert-OH is 5. The van der Waals surface area contributed by atoms with Crippen molar-refractivity contribution in [2.75, 3.05) is 19.8 Å². The second-order valence-electron chi connectivity index (χ2n) is 27.8. The van der Waals surface area contributed by atoms with Crippen LogP contribution in [0.3, 0.4) is 0 Å². The van der Waals surface area contributed by atoms with Gasteiger partial charge in [0.15, 0.2) is 6.29 Å². The molecule has 7 atom stereocenters. The number of carbonyl (C=O) groups excluding carboxylic acids is 2. The van der Waals surface area contributed by atoms with Gasteiger partial charge in [-0.25, -0.2) is 0 Å². The van der Waals surface area contributed by atoms with Crippen LogP contribution in [0.1, 0.15) is 406 Å². The zero-order valence-electron chi connectivity index (χ0n) is 59.4. The second-order valence-corrected chi connectivity index (χ2v) is 27.8. The summed E-state index contributed by atoms with van der Waals surface area (Å²) >= 11 is 0. The molecule has 6 N–H and O–H groups in total. The van der Waals surface area contributed by atoms with Gasteiger partial charge in [-0.1, -0.05) is 359 Å². The van der Waals surface area contributed by atoms with E-state index in [1.54, 1.807) is 6.08 Å². The van der Waals surface area contributed by atoms with Crippen LogP contribution in [-0.2, 0) is 23.8 Å². The van der Waals surface area contributed by atoms with Crippen molar-refractivity contribution >= 4 is 11.9 Å². The molecule has 532 valence electrons. The van der Waals surface area contributed by atoms with Crippen LogP contribution in [0.2, 0.25) is 0 Å². The van der Waals surface area contributed by atoms with E-state index in [0.29, 0.717) is 19.4 Å². The fourth-order valence-corrected chi connectivity index (χ4v) is 12.8. The van der Waals surface area contributed by atoms with Gasteiger partial charge in [-0.05, 0) is 57.8 Å². The molecule has 1 saturated heterocycles. The van der Waals surface area contributed by atoms with Crippen molar-refractivity contribution in [1.82, 2.24) is 5.32 Å². The largest absolute Gasteiger partial charge is 0.466 e. The number of hydrogen-bond donors (Lipinski definition) is 6. The molecule has 11 nitrogen and oxygen atoms in total. The lowest BCUT2D eigenvalue weighted by atomic mass is 9.99. The molecule has 1 amide bonds. The smallest absolute Gasteiger partial charge is 0.305 e. The summed E-state index contributed by atoms with van der Waals surface area (Å²) in [5, 5.41) is 54.3. The summed E-state index contributed by atoms with van der Waals surface area (Å²) in [6.45, 7) is 4.36. The highest BCUT2D eigenvalue weighted by Gasteiger charge is 2.44. The second kappa shape index (κ2) is 68.5. The van der Waals surface area contributed by atoms with Crippen LogP contribution in [0.25, 0.3) is 0 Å². The van der Waals surface area contributed by atoms with Gasteiger partial charge in [0, 0.05) is 12.8 Å². The predicted octanol–water partition coefficient (Wildman–Crippen LogP) is 21.1. The van der Waals surface area contributed by atoms with Gasteiger partial charge in [-0.15, -0.1) is 0 Å². The first-order valence-electron chi connectivity index (χ1n) is 39.6. The van der Waals surface area contributed by atoms with E-state index in [2.05, 4.69) is 31.3 Å². The maximum atomic E-state index is 13.0. The number of rotatable bonds is 71. The number of nitrogens with one attached hydrogen (secondary N) is 1. The number of aliphatic hydroxyl groups is 5. The molecule has 0 aromatic rings. The molecular formula is C79H151NO10. The normalized spacial score (nSPS) is 17.7. The standard InChI is InChI=1S/C79H151NO10/c1-3-5-7-9-11-13-14-15-16-41-44-47-51-55-59-63-67-75(84)88-68-64-60-56-52-48-45-42-39-37-35-33-31-29-27-25-23-21-19-17-18-20-22-24-26-28-30-32-34-36-38-40-43-46-50-54-58-62-66-74(83)80-71(72(82)65-61-57-53-49-12-10-8-6-4-2)70-89-79-78(87)77(86)76(85)73(69-81)90-79/h16,41,61,65,71-73,76-79,81-82,85-87H,3-15,17-40,42-60,62-64,66-70H2,1-2H3,(H,80,83)/b41-16-,65-61+. The van der Waals surface area contributed by atoms with E-state index in [9.17, 15) is 35.1 Å². The summed E-state index contributed by atoms with van der Waals surface area (Å²) in [7, 11) is 0. The molecule has 1 aliphatic heterocycles. The zero-order valence-corrected chi connectivity index (χ0v) is 59.4. The fourth-order valence-electron chi connectivity index (χ4n) is 12.8. The van der Waals surface area contributed by atoms with Crippen LogP contribution in [-0.4, -0.2) is 100 Å². The Hall–Kier alpha value is -1.86. The van der Waals surface area contributed by atoms with Crippen molar-refractivity contribution in [3.05, 3.63) is 24.3 Å². The average Bonchev–Trinajstić information content (AvgIpc) is 1.55. The van der Waals surface area contributed by atoms with E-state index < -0.39 is 49.5 Å². The minimum absolute atomic E-state index is 0.0106. The summed E-state index contributed by atoms with van der Waals surface area (Å²) in [6.07, 6.45) is 78.1. The van der Waals surface area contributed by atoms with E-state index in [0.717, 1.165) is 57.8 Å². The summed E-state index contributed by atoms with van der Waals surface area (Å²) in [5.74, 6) is -0.165. The molecule has 0 aromatic heterocycles. The number of hydrogen-bond acceptors (Lipinski definition) is 10. The van der Waals surface area contributed by atoms with Crippen molar-refractivity contribution in [1.29, 1.82) is 0 Å². The lowest BCUT2D eigenvalue weighted by Gasteiger charge is -2.40. The van der Waals surface area contributed by atoms with Crippen LogP contribution in [0.5, 0.6) is 0 Å². The monoisotopic (exact) mass is 1270 g/mol. The maximum Gasteiger partial charge on any atom is 0.305 e. The van der Waals surface area contributed by atoms with Gasteiger partial charge in [-0.2, -0.15) is 0 Å². The number of amides is 1. The highest BCUT2D eigenvalue weighted by molar-refractivity contribution is 5.76. The first-order valence-corrected chi connectivity index (χ1v) is 39.6. The molecule has 1 aliphatic rings. The van der Waals surface area contributed by atoms with Crippen LogP contribution in [0.15, 0.2) is 24.3 Å². The molecule has 0 aliphatic carbocycles. The van der Waals surface area contributed by atoms with Crippen LogP contribution < -0.4 is 5.32 Å². The first kappa shape index (κ1) is 86.2. The molecule has 1 fully saturated rings. The fraction of sp³-hybridized carbons (Fsp3) is 0.924. The van der Waals surface area contributed by atoms with Crippen molar-refractivity contribution < 1.29 is 49.3 Å². The van der Waals surface area contributed by atoms with E-state index in [1.165, 1.54) is 321 Å². The number of ether oxygens (including phenoxy) is 3. The minimum Gasteiger partial charge on any atom is -0.466 e. The van der Waals surface area contributed by atoms with E-state index in [-0.39, 0.29) is 18.5 Å². The van der Waals surface area contributed by atoms with Gasteiger partial charge < -0.3 is 45.1 Å². The Morgan fingerprint density at radius 1 is 0.400 bits per heavy atom. The Morgan fingerprint density at radius 3 is 1.07 bits per heavy atom. The van der Waals surface area contributed by atoms with Gasteiger partial charge >= 0.3 is 5.97 Å². The molecule has 0 bridgehead atoms. The van der Waals surface area contributed by atoms with E-state index >= 15 is 0 Å². The Labute approximate surface area is 556 Å². The van der Waals surface area contributed by atoms with Crippen molar-refractivity contribution in [3.8, 4) is 0 Å². The highest BCUT2D eigenvalue weighted by atomic mass is 16.7. The summed E-state index contributed by atoms with van der Waals surface area (Å²) in [4.78, 5) is 25.1. The number of esters is 1. The van der Waals surface area contributed by atoms with E-state index in [4.69, 9.17) is 14.2 Å². The van der Waals surface area contributed by atoms with Crippen LogP contribution in [0, 0.1) is 0 Å². The lowest BCUT2D eigenvalue weighted by Crippen LogP contribution is -2.60. The highest BCUT2D eigenvalue weighted by Crippen LogP contribution is 2.24. The van der Waals surface area contributed by atoms with E-state index in [1.807, 2.05) is 6.08 Å².